The van der Waals surface area contributed by atoms with Crippen LogP contribution in [0.25, 0.3) is 10.9 Å². The third-order valence-corrected chi connectivity index (χ3v) is 2.67. The van der Waals surface area contributed by atoms with E-state index in [4.69, 9.17) is 5.73 Å². The van der Waals surface area contributed by atoms with Gasteiger partial charge in [-0.05, 0) is 36.5 Å². The van der Waals surface area contributed by atoms with Crippen molar-refractivity contribution in [1.82, 2.24) is 10.4 Å². The van der Waals surface area contributed by atoms with E-state index in [0.29, 0.717) is 0 Å². The Balaban J connectivity index is 2.29. The van der Waals surface area contributed by atoms with Gasteiger partial charge in [0.25, 0.3) is 0 Å². The van der Waals surface area contributed by atoms with E-state index in [1.807, 2.05) is 38.4 Å². The Labute approximate surface area is 117 Å². The molecule has 0 saturated heterocycles. The quantitative estimate of drug-likeness (QED) is 0.503. The highest BCUT2D eigenvalue weighted by atomic mass is 32.1. The minimum Gasteiger partial charge on any atom is -0.378 e. The first-order valence-electron chi connectivity index (χ1n) is 5.73. The molecule has 0 saturated carbocycles. The predicted molar refractivity (Wildman–Crippen MR) is 83.6 cm³/mol. The standard InChI is InChI=1S/C13H15N5S/c1-18(2)11-5-6-12-9(7-11)3-4-10(16-12)8-15-17-13(14)19/h3-8H,1-2H3,(H3,14,17,19)/b15-8+. The number of hydrazone groups is 1. The number of hydrogen-bond acceptors (Lipinski definition) is 4. The number of pyridine rings is 1. The lowest BCUT2D eigenvalue weighted by atomic mass is 10.2. The highest BCUT2D eigenvalue weighted by Gasteiger charge is 2.00. The maximum atomic E-state index is 5.27. The molecular formula is C13H15N5S. The highest BCUT2D eigenvalue weighted by Crippen LogP contribution is 2.19. The minimum absolute atomic E-state index is 0.132. The summed E-state index contributed by atoms with van der Waals surface area (Å²) in [5.74, 6) is 0. The Morgan fingerprint density at radius 3 is 2.84 bits per heavy atom. The molecule has 1 aromatic heterocycles. The van der Waals surface area contributed by atoms with Gasteiger partial charge in [0.2, 0.25) is 0 Å². The van der Waals surface area contributed by atoms with E-state index in [0.717, 1.165) is 22.3 Å². The number of anilines is 1. The lowest BCUT2D eigenvalue weighted by molar-refractivity contribution is 1.04. The molecule has 19 heavy (non-hydrogen) atoms. The van der Waals surface area contributed by atoms with Crippen LogP contribution in [0.1, 0.15) is 5.69 Å². The van der Waals surface area contributed by atoms with Gasteiger partial charge < -0.3 is 10.6 Å². The van der Waals surface area contributed by atoms with Crippen molar-refractivity contribution in [1.29, 1.82) is 0 Å². The number of nitrogens with two attached hydrogens (primary N) is 1. The van der Waals surface area contributed by atoms with Crippen molar-refractivity contribution in [2.75, 3.05) is 19.0 Å². The van der Waals surface area contributed by atoms with Crippen LogP contribution >= 0.6 is 12.2 Å². The fourth-order valence-corrected chi connectivity index (χ4v) is 1.69. The highest BCUT2D eigenvalue weighted by molar-refractivity contribution is 7.80. The van der Waals surface area contributed by atoms with Crippen LogP contribution < -0.4 is 16.1 Å². The molecule has 5 nitrogen and oxygen atoms in total. The summed E-state index contributed by atoms with van der Waals surface area (Å²) < 4.78 is 0. The van der Waals surface area contributed by atoms with E-state index in [9.17, 15) is 0 Å². The topological polar surface area (TPSA) is 66.5 Å². The molecule has 2 aromatic rings. The third-order valence-electron chi connectivity index (χ3n) is 2.58. The predicted octanol–water partition coefficient (Wildman–Crippen LogP) is 1.47. The number of aromatic nitrogens is 1. The first-order valence-corrected chi connectivity index (χ1v) is 6.14. The molecule has 0 aliphatic carbocycles. The number of rotatable bonds is 3. The molecule has 0 atom stereocenters. The SMILES string of the molecule is CN(C)c1ccc2nc(/C=N/NC(N)=S)ccc2c1. The summed E-state index contributed by atoms with van der Waals surface area (Å²) in [6, 6.07) is 10.0. The van der Waals surface area contributed by atoms with Gasteiger partial charge >= 0.3 is 0 Å². The normalized spacial score (nSPS) is 10.8. The van der Waals surface area contributed by atoms with Crippen molar-refractivity contribution in [3.05, 3.63) is 36.0 Å². The number of benzene rings is 1. The zero-order chi connectivity index (χ0) is 13.8. The summed E-state index contributed by atoms with van der Waals surface area (Å²) in [7, 11) is 4.02. The van der Waals surface area contributed by atoms with E-state index in [1.165, 1.54) is 0 Å². The van der Waals surface area contributed by atoms with E-state index in [1.54, 1.807) is 6.21 Å². The molecule has 3 N–H and O–H groups in total. The van der Waals surface area contributed by atoms with E-state index in [2.05, 4.69) is 38.7 Å². The van der Waals surface area contributed by atoms with Crippen molar-refractivity contribution in [3.63, 3.8) is 0 Å². The van der Waals surface area contributed by atoms with Crippen LogP contribution in [0.3, 0.4) is 0 Å². The molecule has 0 bridgehead atoms. The van der Waals surface area contributed by atoms with Gasteiger partial charge in [-0.3, -0.25) is 5.43 Å². The Bertz CT molecular complexity index is 636. The van der Waals surface area contributed by atoms with Crippen LogP contribution in [0.4, 0.5) is 5.69 Å². The van der Waals surface area contributed by atoms with E-state index < -0.39 is 0 Å². The van der Waals surface area contributed by atoms with Crippen LogP contribution in [-0.2, 0) is 0 Å². The zero-order valence-electron chi connectivity index (χ0n) is 10.8. The van der Waals surface area contributed by atoms with E-state index in [-0.39, 0.29) is 5.11 Å². The molecule has 0 unspecified atom stereocenters. The van der Waals surface area contributed by atoms with Gasteiger partial charge in [-0.1, -0.05) is 6.07 Å². The zero-order valence-corrected chi connectivity index (χ0v) is 11.6. The van der Waals surface area contributed by atoms with Gasteiger partial charge in [0.05, 0.1) is 17.4 Å². The molecule has 0 amide bonds. The molecule has 1 aromatic carbocycles. The van der Waals surface area contributed by atoms with Gasteiger partial charge in [-0.2, -0.15) is 5.10 Å². The van der Waals surface area contributed by atoms with Crippen molar-refractivity contribution in [2.45, 2.75) is 0 Å². The molecule has 0 aliphatic heterocycles. The molecule has 0 radical (unpaired) electrons. The van der Waals surface area contributed by atoms with Crippen LogP contribution in [0.2, 0.25) is 0 Å². The van der Waals surface area contributed by atoms with Gasteiger partial charge in [-0.15, -0.1) is 0 Å². The van der Waals surface area contributed by atoms with Gasteiger partial charge in [0.15, 0.2) is 5.11 Å². The van der Waals surface area contributed by atoms with Crippen LogP contribution in [0, 0.1) is 0 Å². The smallest absolute Gasteiger partial charge is 0.184 e. The number of nitrogens with one attached hydrogen (secondary N) is 1. The molecule has 0 aliphatic rings. The van der Waals surface area contributed by atoms with E-state index >= 15 is 0 Å². The summed E-state index contributed by atoms with van der Waals surface area (Å²) in [6.45, 7) is 0. The maximum absolute atomic E-state index is 5.27. The number of fused-ring (bicyclic) bond motifs is 1. The number of hydrogen-bond donors (Lipinski definition) is 2. The summed E-state index contributed by atoms with van der Waals surface area (Å²) in [5, 5.41) is 5.10. The van der Waals surface area contributed by atoms with Crippen LogP contribution in [0.15, 0.2) is 35.4 Å². The van der Waals surface area contributed by atoms with Crippen LogP contribution in [-0.4, -0.2) is 30.4 Å². The largest absolute Gasteiger partial charge is 0.378 e. The molecule has 1 heterocycles. The Kier molecular flexibility index (Phi) is 3.91. The van der Waals surface area contributed by atoms with Crippen molar-refractivity contribution in [3.8, 4) is 0 Å². The number of nitrogens with zero attached hydrogens (tertiary/aromatic N) is 3. The minimum atomic E-state index is 0.132. The molecule has 98 valence electrons. The Morgan fingerprint density at radius 2 is 2.16 bits per heavy atom. The average Bonchev–Trinajstić information content (AvgIpc) is 2.37. The second-order valence-electron chi connectivity index (χ2n) is 4.24. The van der Waals surface area contributed by atoms with Gasteiger partial charge in [0.1, 0.15) is 0 Å². The number of thiocarbonyl (C=S) groups is 1. The van der Waals surface area contributed by atoms with Gasteiger partial charge in [0, 0.05) is 25.2 Å². The molecule has 6 heteroatoms. The second kappa shape index (κ2) is 5.62. The lowest BCUT2D eigenvalue weighted by Gasteiger charge is -2.12. The van der Waals surface area contributed by atoms with Crippen molar-refractivity contribution < 1.29 is 0 Å². The second-order valence-corrected chi connectivity index (χ2v) is 4.68. The fraction of sp³-hybridized carbons (Fsp3) is 0.154. The third kappa shape index (κ3) is 3.38. The Morgan fingerprint density at radius 1 is 1.37 bits per heavy atom. The summed E-state index contributed by atoms with van der Waals surface area (Å²) >= 11 is 4.65. The van der Waals surface area contributed by atoms with Crippen molar-refractivity contribution >= 4 is 40.1 Å². The summed E-state index contributed by atoms with van der Waals surface area (Å²) in [4.78, 5) is 6.54. The molecule has 0 spiro atoms. The average molecular weight is 273 g/mol. The maximum Gasteiger partial charge on any atom is 0.184 e. The summed E-state index contributed by atoms with van der Waals surface area (Å²) in [6.07, 6.45) is 1.58. The molecule has 0 fully saturated rings. The van der Waals surface area contributed by atoms with Gasteiger partial charge in [-0.25, -0.2) is 4.98 Å². The lowest BCUT2D eigenvalue weighted by Crippen LogP contribution is -2.24. The fourth-order valence-electron chi connectivity index (χ4n) is 1.64. The van der Waals surface area contributed by atoms with Crippen molar-refractivity contribution in [2.24, 2.45) is 10.8 Å². The Hall–Kier alpha value is -2.21. The monoisotopic (exact) mass is 273 g/mol. The first kappa shape index (κ1) is 13.2. The summed E-state index contributed by atoms with van der Waals surface area (Å²) in [5.41, 5.74) is 10.6. The molecule has 2 rings (SSSR count). The molecular weight excluding hydrogens is 258 g/mol. The van der Waals surface area contributed by atoms with Crippen LogP contribution in [0.5, 0.6) is 0 Å². The first-order chi connectivity index (χ1) is 9.06.